The number of anilines is 1. The Bertz CT molecular complexity index is 781. The molecule has 27 heavy (non-hydrogen) atoms. The summed E-state index contributed by atoms with van der Waals surface area (Å²) in [5.41, 5.74) is 0.522. The van der Waals surface area contributed by atoms with E-state index in [4.69, 9.17) is 16.3 Å². The lowest BCUT2D eigenvalue weighted by molar-refractivity contribution is -0.154. The van der Waals surface area contributed by atoms with Crippen LogP contribution in [0.5, 0.6) is 0 Å². The summed E-state index contributed by atoms with van der Waals surface area (Å²) in [4.78, 5) is 50.0. The third-order valence-corrected chi connectivity index (χ3v) is 6.05. The average molecular weight is 391 g/mol. The van der Waals surface area contributed by atoms with E-state index >= 15 is 0 Å². The highest BCUT2D eigenvalue weighted by Crippen LogP contribution is 2.56. The van der Waals surface area contributed by atoms with Crippen LogP contribution in [0.2, 0.25) is 5.02 Å². The van der Waals surface area contributed by atoms with E-state index in [2.05, 4.69) is 5.32 Å². The Morgan fingerprint density at radius 1 is 1.07 bits per heavy atom. The highest BCUT2D eigenvalue weighted by Gasteiger charge is 2.61. The number of esters is 1. The minimum Gasteiger partial charge on any atom is -0.454 e. The van der Waals surface area contributed by atoms with Gasteiger partial charge < -0.3 is 10.1 Å². The molecule has 3 fully saturated rings. The molecule has 2 aliphatic carbocycles. The molecule has 3 aliphatic rings. The standard InChI is InChI=1S/C19H19ClN2O5/c20-12-3-5-13(6-4-12)21-14(23)9-27-15(24)8-22-18(25)16-10-1-2-11(7-10)17(16)19(22)26/h3-6,10-11,16-17H,1-2,7-9H2,(H,21,23)/t10-,11-,16+,17+/m1/s1. The summed E-state index contributed by atoms with van der Waals surface area (Å²) in [6.45, 7) is -0.923. The van der Waals surface area contributed by atoms with Gasteiger partial charge in [0.1, 0.15) is 6.54 Å². The van der Waals surface area contributed by atoms with Crippen molar-refractivity contribution in [2.45, 2.75) is 19.3 Å². The minimum absolute atomic E-state index is 0.264. The molecule has 1 aliphatic heterocycles. The van der Waals surface area contributed by atoms with E-state index in [0.29, 0.717) is 10.7 Å². The molecule has 3 amide bonds. The van der Waals surface area contributed by atoms with Crippen molar-refractivity contribution in [2.24, 2.45) is 23.7 Å². The zero-order chi connectivity index (χ0) is 19.1. The molecule has 1 saturated heterocycles. The molecular weight excluding hydrogens is 372 g/mol. The van der Waals surface area contributed by atoms with E-state index in [0.717, 1.165) is 24.2 Å². The van der Waals surface area contributed by atoms with Gasteiger partial charge in [0, 0.05) is 10.7 Å². The van der Waals surface area contributed by atoms with Gasteiger partial charge in [-0.1, -0.05) is 11.6 Å². The van der Waals surface area contributed by atoms with Crippen LogP contribution in [-0.2, 0) is 23.9 Å². The van der Waals surface area contributed by atoms with E-state index in [1.54, 1.807) is 24.3 Å². The molecule has 4 rings (SSSR count). The van der Waals surface area contributed by atoms with Crippen LogP contribution in [-0.4, -0.2) is 41.7 Å². The van der Waals surface area contributed by atoms with Crippen LogP contribution in [0, 0.1) is 23.7 Å². The van der Waals surface area contributed by atoms with Gasteiger partial charge in [0.15, 0.2) is 6.61 Å². The highest BCUT2D eigenvalue weighted by molar-refractivity contribution is 6.30. The first-order chi connectivity index (χ1) is 12.9. The van der Waals surface area contributed by atoms with Crippen molar-refractivity contribution in [3.05, 3.63) is 29.3 Å². The van der Waals surface area contributed by atoms with Gasteiger partial charge in [0.05, 0.1) is 11.8 Å². The Hall–Kier alpha value is -2.41. The molecule has 0 unspecified atom stereocenters. The quantitative estimate of drug-likeness (QED) is 0.611. The fraction of sp³-hybridized carbons (Fsp3) is 0.474. The van der Waals surface area contributed by atoms with Crippen LogP contribution in [0.3, 0.4) is 0 Å². The van der Waals surface area contributed by atoms with Crippen molar-refractivity contribution < 1.29 is 23.9 Å². The summed E-state index contributed by atoms with van der Waals surface area (Å²) in [5, 5.41) is 3.11. The lowest BCUT2D eigenvalue weighted by Gasteiger charge is -2.19. The van der Waals surface area contributed by atoms with E-state index in [9.17, 15) is 19.2 Å². The number of likely N-dealkylation sites (tertiary alicyclic amines) is 1. The molecule has 1 N–H and O–H groups in total. The van der Waals surface area contributed by atoms with Crippen molar-refractivity contribution in [2.75, 3.05) is 18.5 Å². The predicted molar refractivity (Wildman–Crippen MR) is 95.6 cm³/mol. The van der Waals surface area contributed by atoms with Crippen molar-refractivity contribution in [1.82, 2.24) is 4.90 Å². The third kappa shape index (κ3) is 3.32. The maximum absolute atomic E-state index is 12.5. The largest absolute Gasteiger partial charge is 0.454 e. The SMILES string of the molecule is O=C(COC(=O)CN1C(=O)[C@H]2[C@@H]3CC[C@H](C3)[C@@H]2C1=O)Nc1ccc(Cl)cc1. The van der Waals surface area contributed by atoms with Gasteiger partial charge in [0.2, 0.25) is 11.8 Å². The smallest absolute Gasteiger partial charge is 0.326 e. The van der Waals surface area contributed by atoms with Gasteiger partial charge >= 0.3 is 5.97 Å². The summed E-state index contributed by atoms with van der Waals surface area (Å²) in [6.07, 6.45) is 2.90. The Balaban J connectivity index is 1.28. The number of carbonyl (C=O) groups is 4. The Morgan fingerprint density at radius 2 is 1.67 bits per heavy atom. The number of nitrogens with zero attached hydrogens (tertiary/aromatic N) is 1. The molecule has 2 saturated carbocycles. The number of nitrogens with one attached hydrogen (secondary N) is 1. The molecule has 0 spiro atoms. The number of imide groups is 1. The number of benzene rings is 1. The minimum atomic E-state index is -0.768. The highest BCUT2D eigenvalue weighted by atomic mass is 35.5. The van der Waals surface area contributed by atoms with Gasteiger partial charge in [-0.05, 0) is 55.4 Å². The number of amides is 3. The molecule has 2 bridgehead atoms. The molecule has 7 nitrogen and oxygen atoms in total. The normalized spacial score (nSPS) is 28.4. The molecule has 0 radical (unpaired) electrons. The van der Waals surface area contributed by atoms with Crippen LogP contribution >= 0.6 is 11.6 Å². The lowest BCUT2D eigenvalue weighted by Crippen LogP contribution is -2.38. The predicted octanol–water partition coefficient (Wildman–Crippen LogP) is 1.85. The summed E-state index contributed by atoms with van der Waals surface area (Å²) < 4.78 is 4.93. The maximum atomic E-state index is 12.5. The number of hydrogen-bond acceptors (Lipinski definition) is 5. The summed E-state index contributed by atoms with van der Waals surface area (Å²) >= 11 is 5.77. The van der Waals surface area contributed by atoms with Gasteiger partial charge in [-0.3, -0.25) is 24.1 Å². The summed E-state index contributed by atoms with van der Waals surface area (Å²) in [5.74, 6) is -1.81. The fourth-order valence-electron chi connectivity index (χ4n) is 4.68. The fourth-order valence-corrected chi connectivity index (χ4v) is 4.80. The first-order valence-electron chi connectivity index (χ1n) is 9.00. The number of halogens is 1. The summed E-state index contributed by atoms with van der Waals surface area (Å²) in [6, 6.07) is 6.49. The summed E-state index contributed by atoms with van der Waals surface area (Å²) in [7, 11) is 0. The second kappa shape index (κ2) is 6.96. The number of carbonyl (C=O) groups excluding carboxylic acids is 4. The lowest BCUT2D eigenvalue weighted by atomic mass is 9.81. The van der Waals surface area contributed by atoms with E-state index < -0.39 is 25.0 Å². The monoisotopic (exact) mass is 390 g/mol. The second-order valence-corrected chi connectivity index (χ2v) is 7.80. The van der Waals surface area contributed by atoms with Crippen molar-refractivity contribution in [3.8, 4) is 0 Å². The Morgan fingerprint density at radius 3 is 2.26 bits per heavy atom. The van der Waals surface area contributed by atoms with Crippen molar-refractivity contribution in [1.29, 1.82) is 0 Å². The molecular formula is C19H19ClN2O5. The number of rotatable bonds is 5. The van der Waals surface area contributed by atoms with Gasteiger partial charge in [-0.25, -0.2) is 0 Å². The zero-order valence-electron chi connectivity index (χ0n) is 14.5. The first-order valence-corrected chi connectivity index (χ1v) is 9.38. The third-order valence-electron chi connectivity index (χ3n) is 5.80. The topological polar surface area (TPSA) is 92.8 Å². The second-order valence-electron chi connectivity index (χ2n) is 7.36. The Kier molecular flexibility index (Phi) is 4.63. The molecule has 1 aromatic rings. The van der Waals surface area contributed by atoms with Crippen LogP contribution in [0.15, 0.2) is 24.3 Å². The first kappa shape index (κ1) is 18.0. The van der Waals surface area contributed by atoms with Gasteiger partial charge in [0.25, 0.3) is 5.91 Å². The van der Waals surface area contributed by atoms with Crippen molar-refractivity contribution >= 4 is 41.0 Å². The van der Waals surface area contributed by atoms with Crippen LogP contribution in [0.1, 0.15) is 19.3 Å². The zero-order valence-corrected chi connectivity index (χ0v) is 15.3. The maximum Gasteiger partial charge on any atom is 0.326 e. The molecule has 1 aromatic carbocycles. The van der Waals surface area contributed by atoms with Gasteiger partial charge in [-0.2, -0.15) is 0 Å². The molecule has 1 heterocycles. The number of fused-ring (bicyclic) bond motifs is 5. The van der Waals surface area contributed by atoms with Crippen LogP contribution in [0.4, 0.5) is 5.69 Å². The average Bonchev–Trinajstić information content (AvgIpc) is 3.32. The van der Waals surface area contributed by atoms with Crippen LogP contribution in [0.25, 0.3) is 0 Å². The molecule has 4 atom stereocenters. The number of hydrogen-bond donors (Lipinski definition) is 1. The Labute approximate surface area is 161 Å². The van der Waals surface area contributed by atoms with E-state index in [-0.39, 0.29) is 35.5 Å². The molecule has 0 aromatic heterocycles. The molecule has 142 valence electrons. The van der Waals surface area contributed by atoms with Crippen molar-refractivity contribution in [3.63, 3.8) is 0 Å². The number of ether oxygens (including phenoxy) is 1. The van der Waals surface area contributed by atoms with Gasteiger partial charge in [-0.15, -0.1) is 0 Å². The molecule has 8 heteroatoms. The van der Waals surface area contributed by atoms with E-state index in [1.807, 2.05) is 0 Å². The van der Waals surface area contributed by atoms with Crippen LogP contribution < -0.4 is 5.32 Å². The van der Waals surface area contributed by atoms with E-state index in [1.165, 1.54) is 0 Å².